The van der Waals surface area contributed by atoms with E-state index in [4.69, 9.17) is 10.00 Å². The van der Waals surface area contributed by atoms with Crippen molar-refractivity contribution in [1.29, 1.82) is 5.26 Å². The number of likely N-dealkylation sites (N-methyl/N-ethyl adjacent to an activating group) is 1. The van der Waals surface area contributed by atoms with Crippen LogP contribution in [0.15, 0.2) is 29.8 Å². The normalized spacial score (nSPS) is 10.5. The van der Waals surface area contributed by atoms with E-state index in [0.717, 1.165) is 11.1 Å². The molecule has 5 heteroatoms. The summed E-state index contributed by atoms with van der Waals surface area (Å²) in [5, 5.41) is 11.2. The van der Waals surface area contributed by atoms with Crippen molar-refractivity contribution in [2.45, 2.75) is 6.92 Å². The number of benzene rings is 1. The molecule has 0 saturated carbocycles. The number of aryl methyl sites for hydroxylation is 1. The molecule has 1 aromatic rings. The maximum atomic E-state index is 11.6. The van der Waals surface area contributed by atoms with E-state index in [1.165, 1.54) is 13.1 Å². The minimum absolute atomic E-state index is 0.146. The van der Waals surface area contributed by atoms with Crippen molar-refractivity contribution in [2.75, 3.05) is 13.7 Å². The van der Waals surface area contributed by atoms with Crippen molar-refractivity contribution in [3.63, 3.8) is 0 Å². The maximum Gasteiger partial charge on any atom is 0.349 e. The fraction of sp³-hybridized carbons (Fsp3) is 0.214. The molecule has 1 aromatic carbocycles. The van der Waals surface area contributed by atoms with Crippen LogP contribution in [0.5, 0.6) is 0 Å². The third-order valence-electron chi connectivity index (χ3n) is 2.34. The number of nitriles is 1. The van der Waals surface area contributed by atoms with E-state index in [-0.39, 0.29) is 5.57 Å². The third kappa shape index (κ3) is 4.64. The molecule has 0 atom stereocenters. The number of carbonyl (C=O) groups is 2. The molecular weight excluding hydrogens is 244 g/mol. The first-order valence-electron chi connectivity index (χ1n) is 5.63. The predicted octanol–water partition coefficient (Wildman–Crippen LogP) is 1.19. The number of carbonyl (C=O) groups excluding carboxylic acids is 2. The van der Waals surface area contributed by atoms with Crippen LogP contribution >= 0.6 is 0 Å². The lowest BCUT2D eigenvalue weighted by molar-refractivity contribution is -0.144. The van der Waals surface area contributed by atoms with E-state index in [1.54, 1.807) is 18.2 Å². The zero-order valence-corrected chi connectivity index (χ0v) is 10.8. The SMILES string of the molecule is CNC(=O)COC(=O)/C(C#N)=C/c1ccc(C)cc1. The second-order valence-electron chi connectivity index (χ2n) is 3.83. The van der Waals surface area contributed by atoms with Crippen molar-refractivity contribution in [3.8, 4) is 6.07 Å². The van der Waals surface area contributed by atoms with Crippen molar-refractivity contribution >= 4 is 18.0 Å². The van der Waals surface area contributed by atoms with Gasteiger partial charge in [0.15, 0.2) is 6.61 Å². The number of hydrogen-bond donors (Lipinski definition) is 1. The van der Waals surface area contributed by atoms with Gasteiger partial charge >= 0.3 is 5.97 Å². The molecule has 5 nitrogen and oxygen atoms in total. The van der Waals surface area contributed by atoms with Crippen molar-refractivity contribution in [2.24, 2.45) is 0 Å². The number of ether oxygens (including phenoxy) is 1. The standard InChI is InChI=1S/C14H14N2O3/c1-10-3-5-11(6-4-10)7-12(8-15)14(18)19-9-13(17)16-2/h3-7H,9H2,1-2H3,(H,16,17)/b12-7+. The Kier molecular flexibility index (Phi) is 5.30. The van der Waals surface area contributed by atoms with Gasteiger partial charge in [0.2, 0.25) is 0 Å². The number of esters is 1. The fourth-order valence-electron chi connectivity index (χ4n) is 1.25. The Morgan fingerprint density at radius 3 is 2.53 bits per heavy atom. The van der Waals surface area contributed by atoms with Crippen LogP contribution in [0.3, 0.4) is 0 Å². The van der Waals surface area contributed by atoms with E-state index < -0.39 is 18.5 Å². The minimum Gasteiger partial charge on any atom is -0.451 e. The van der Waals surface area contributed by atoms with Gasteiger partial charge in [0, 0.05) is 7.05 Å². The van der Waals surface area contributed by atoms with Gasteiger partial charge in [0.05, 0.1) is 0 Å². The van der Waals surface area contributed by atoms with Gasteiger partial charge in [-0.1, -0.05) is 29.8 Å². The minimum atomic E-state index is -0.813. The molecule has 98 valence electrons. The maximum absolute atomic E-state index is 11.6. The molecule has 0 saturated heterocycles. The molecule has 0 fully saturated rings. The smallest absolute Gasteiger partial charge is 0.349 e. The average molecular weight is 258 g/mol. The molecule has 1 N–H and O–H groups in total. The molecule has 0 unspecified atom stereocenters. The summed E-state index contributed by atoms with van der Waals surface area (Å²) in [4.78, 5) is 22.5. The zero-order chi connectivity index (χ0) is 14.3. The number of nitrogens with zero attached hydrogens (tertiary/aromatic N) is 1. The van der Waals surface area contributed by atoms with Gasteiger partial charge in [-0.25, -0.2) is 4.79 Å². The predicted molar refractivity (Wildman–Crippen MR) is 69.8 cm³/mol. The van der Waals surface area contributed by atoms with Crippen LogP contribution in [-0.4, -0.2) is 25.5 Å². The first-order valence-corrected chi connectivity index (χ1v) is 5.63. The lowest BCUT2D eigenvalue weighted by atomic mass is 10.1. The summed E-state index contributed by atoms with van der Waals surface area (Å²) in [5.74, 6) is -1.24. The van der Waals surface area contributed by atoms with Crippen LogP contribution in [0.1, 0.15) is 11.1 Å². The molecule has 0 aliphatic rings. The quantitative estimate of drug-likeness (QED) is 0.500. The zero-order valence-electron chi connectivity index (χ0n) is 10.8. The highest BCUT2D eigenvalue weighted by atomic mass is 16.5. The van der Waals surface area contributed by atoms with Gasteiger partial charge in [0.1, 0.15) is 11.6 Å². The van der Waals surface area contributed by atoms with Crippen LogP contribution < -0.4 is 5.32 Å². The fourth-order valence-corrected chi connectivity index (χ4v) is 1.25. The summed E-state index contributed by atoms with van der Waals surface area (Å²) in [6.07, 6.45) is 1.42. The number of nitrogens with one attached hydrogen (secondary N) is 1. The summed E-state index contributed by atoms with van der Waals surface area (Å²) in [5.41, 5.74) is 1.66. The van der Waals surface area contributed by atoms with Crippen LogP contribution in [0, 0.1) is 18.3 Å². The third-order valence-corrected chi connectivity index (χ3v) is 2.34. The van der Waals surface area contributed by atoms with Gasteiger partial charge in [0.25, 0.3) is 5.91 Å². The van der Waals surface area contributed by atoms with Gasteiger partial charge in [-0.15, -0.1) is 0 Å². The van der Waals surface area contributed by atoms with Crippen LogP contribution in [0.4, 0.5) is 0 Å². The monoisotopic (exact) mass is 258 g/mol. The molecule has 0 spiro atoms. The molecule has 1 rings (SSSR count). The number of amides is 1. The van der Waals surface area contributed by atoms with Crippen molar-refractivity contribution in [1.82, 2.24) is 5.32 Å². The van der Waals surface area contributed by atoms with Gasteiger partial charge in [-0.05, 0) is 18.6 Å². The van der Waals surface area contributed by atoms with Gasteiger partial charge in [-0.3, -0.25) is 4.79 Å². The van der Waals surface area contributed by atoms with Crippen LogP contribution in [-0.2, 0) is 14.3 Å². The Balaban J connectivity index is 2.77. The molecule has 19 heavy (non-hydrogen) atoms. The van der Waals surface area contributed by atoms with Gasteiger partial charge in [-0.2, -0.15) is 5.26 Å². The highest BCUT2D eigenvalue weighted by Crippen LogP contribution is 2.09. The van der Waals surface area contributed by atoms with E-state index in [0.29, 0.717) is 0 Å². The molecule has 0 aliphatic heterocycles. The molecule has 0 radical (unpaired) electrons. The highest BCUT2D eigenvalue weighted by Gasteiger charge is 2.12. The summed E-state index contributed by atoms with van der Waals surface area (Å²) < 4.78 is 4.70. The topological polar surface area (TPSA) is 79.2 Å². The highest BCUT2D eigenvalue weighted by molar-refractivity contribution is 5.98. The number of hydrogen-bond acceptors (Lipinski definition) is 4. The average Bonchev–Trinajstić information content (AvgIpc) is 2.43. The second kappa shape index (κ2) is 6.97. The molecule has 0 aliphatic carbocycles. The largest absolute Gasteiger partial charge is 0.451 e. The molecule has 0 bridgehead atoms. The molecule has 0 aromatic heterocycles. The first kappa shape index (κ1) is 14.5. The lowest BCUT2D eigenvalue weighted by Gasteiger charge is -2.02. The summed E-state index contributed by atoms with van der Waals surface area (Å²) >= 11 is 0. The van der Waals surface area contributed by atoms with Crippen molar-refractivity contribution < 1.29 is 14.3 Å². The van der Waals surface area contributed by atoms with E-state index in [1.807, 2.05) is 19.1 Å². The lowest BCUT2D eigenvalue weighted by Crippen LogP contribution is -2.25. The number of rotatable bonds is 4. The van der Waals surface area contributed by atoms with Gasteiger partial charge < -0.3 is 10.1 Å². The molecule has 0 heterocycles. The van der Waals surface area contributed by atoms with E-state index in [9.17, 15) is 9.59 Å². The second-order valence-corrected chi connectivity index (χ2v) is 3.83. The molecule has 1 amide bonds. The Morgan fingerprint density at radius 1 is 1.37 bits per heavy atom. The Hall–Kier alpha value is -2.61. The summed E-state index contributed by atoms with van der Waals surface area (Å²) in [7, 11) is 1.43. The Bertz CT molecular complexity index is 539. The first-order chi connectivity index (χ1) is 9.06. The summed E-state index contributed by atoms with van der Waals surface area (Å²) in [6.45, 7) is 1.54. The van der Waals surface area contributed by atoms with E-state index in [2.05, 4.69) is 5.32 Å². The van der Waals surface area contributed by atoms with E-state index >= 15 is 0 Å². The summed E-state index contributed by atoms with van der Waals surface area (Å²) in [6, 6.07) is 9.09. The van der Waals surface area contributed by atoms with Crippen molar-refractivity contribution in [3.05, 3.63) is 41.0 Å². The Labute approximate surface area is 111 Å². The Morgan fingerprint density at radius 2 is 2.00 bits per heavy atom. The van der Waals surface area contributed by atoms with Crippen LogP contribution in [0.25, 0.3) is 6.08 Å². The molecular formula is C14H14N2O3. The van der Waals surface area contributed by atoms with Crippen LogP contribution in [0.2, 0.25) is 0 Å².